The molecule has 34 heavy (non-hydrogen) atoms. The molecule has 3 heteroatoms. The Labute approximate surface area is 209 Å². The molecule has 0 unspecified atom stereocenters. The summed E-state index contributed by atoms with van der Waals surface area (Å²) in [5.41, 5.74) is 4.97. The van der Waals surface area contributed by atoms with Crippen LogP contribution in [-0.4, -0.2) is 11.6 Å². The third-order valence-corrected chi connectivity index (χ3v) is 5.39. The molecule has 0 saturated carbocycles. The normalized spacial score (nSPS) is 9.29. The van der Waals surface area contributed by atoms with E-state index in [4.69, 9.17) is 11.6 Å². The van der Waals surface area contributed by atoms with Crippen LogP contribution in [0.5, 0.6) is 0 Å². The van der Waals surface area contributed by atoms with Gasteiger partial charge in [-0.05, 0) is 43.5 Å². The van der Waals surface area contributed by atoms with Crippen LogP contribution in [-0.2, 0) is 6.42 Å². The number of Topliss-reactive ketones (excluding diaryl/α,β-unsaturated/α-hetero) is 2. The van der Waals surface area contributed by atoms with Crippen molar-refractivity contribution in [2.24, 2.45) is 0 Å². The van der Waals surface area contributed by atoms with E-state index in [0.717, 1.165) is 27.3 Å². The number of carbonyl (C=O) groups is 2. The third kappa shape index (κ3) is 9.97. The van der Waals surface area contributed by atoms with E-state index < -0.39 is 0 Å². The monoisotopic (exact) mass is 472 g/mol. The van der Waals surface area contributed by atoms with Crippen molar-refractivity contribution in [1.29, 1.82) is 0 Å². The molecule has 2 nitrogen and oxygen atoms in total. The van der Waals surface area contributed by atoms with Gasteiger partial charge in [0.05, 0.1) is 0 Å². The van der Waals surface area contributed by atoms with Crippen LogP contribution in [0.1, 0.15) is 51.8 Å². The van der Waals surface area contributed by atoms with Crippen molar-refractivity contribution >= 4 is 23.2 Å². The second kappa shape index (κ2) is 15.4. The van der Waals surface area contributed by atoms with E-state index in [-0.39, 0.29) is 19.0 Å². The molecule has 176 valence electrons. The van der Waals surface area contributed by atoms with Crippen LogP contribution in [0.2, 0.25) is 5.02 Å². The molecule has 0 aliphatic carbocycles. The molecular formula is C31H33ClO2. The van der Waals surface area contributed by atoms with Crippen LogP contribution < -0.4 is 0 Å². The van der Waals surface area contributed by atoms with Gasteiger partial charge in [0.15, 0.2) is 11.6 Å². The predicted molar refractivity (Wildman–Crippen MR) is 145 cm³/mol. The number of hydrogen-bond acceptors (Lipinski definition) is 2. The Morgan fingerprint density at radius 3 is 1.47 bits per heavy atom. The van der Waals surface area contributed by atoms with Gasteiger partial charge in [0.25, 0.3) is 0 Å². The van der Waals surface area contributed by atoms with E-state index in [9.17, 15) is 9.59 Å². The molecule has 0 radical (unpaired) electrons. The Kier molecular flexibility index (Phi) is 12.9. The first kappa shape index (κ1) is 28.5. The van der Waals surface area contributed by atoms with Crippen molar-refractivity contribution in [3.8, 4) is 0 Å². The molecule has 0 aliphatic heterocycles. The Balaban J connectivity index is 0.000000274. The summed E-state index contributed by atoms with van der Waals surface area (Å²) in [5, 5.41) is 0.840. The van der Waals surface area contributed by atoms with E-state index in [1.54, 1.807) is 6.92 Å². The molecule has 4 rings (SSSR count). The first-order valence-corrected chi connectivity index (χ1v) is 11.2. The smallest absolute Gasteiger partial charge is 0.167 e. The molecule has 0 fully saturated rings. The summed E-state index contributed by atoms with van der Waals surface area (Å²) >= 11 is 5.71. The van der Waals surface area contributed by atoms with E-state index in [0.29, 0.717) is 6.42 Å². The van der Waals surface area contributed by atoms with Crippen molar-refractivity contribution < 1.29 is 9.59 Å². The molecule has 0 aromatic heterocycles. The molecule has 0 aliphatic rings. The van der Waals surface area contributed by atoms with Gasteiger partial charge in [-0.1, -0.05) is 122 Å². The number of hydrogen-bond donors (Lipinski definition) is 0. The minimum absolute atomic E-state index is 0. The quantitative estimate of drug-likeness (QED) is 0.278. The lowest BCUT2D eigenvalue weighted by Gasteiger charge is -2.04. The Morgan fingerprint density at radius 2 is 1.06 bits per heavy atom. The molecule has 0 saturated heterocycles. The lowest BCUT2D eigenvalue weighted by atomic mass is 10.00. The van der Waals surface area contributed by atoms with E-state index in [2.05, 4.69) is 0 Å². The zero-order chi connectivity index (χ0) is 24.1. The highest BCUT2D eigenvalue weighted by Gasteiger charge is 2.07. The number of rotatable bonds is 4. The van der Waals surface area contributed by atoms with Crippen molar-refractivity contribution in [3.63, 3.8) is 0 Å². The van der Waals surface area contributed by atoms with Crippen LogP contribution in [0.3, 0.4) is 0 Å². The summed E-state index contributed by atoms with van der Waals surface area (Å²) in [6.07, 6.45) is 0.483. The largest absolute Gasteiger partial charge is 0.295 e. The number of carbonyl (C=O) groups excluding carboxylic acids is 2. The topological polar surface area (TPSA) is 34.1 Å². The second-order valence-electron chi connectivity index (χ2n) is 7.56. The highest BCUT2D eigenvalue weighted by Crippen LogP contribution is 2.12. The summed E-state index contributed by atoms with van der Waals surface area (Å²) in [7, 11) is 0. The summed E-state index contributed by atoms with van der Waals surface area (Å²) < 4.78 is 0. The fraction of sp³-hybridized carbons (Fsp3) is 0.161. The third-order valence-electron chi connectivity index (χ3n) is 4.96. The van der Waals surface area contributed by atoms with Gasteiger partial charge < -0.3 is 0 Å². The number of halogens is 1. The molecule has 0 amide bonds. The fourth-order valence-corrected chi connectivity index (χ4v) is 3.07. The summed E-state index contributed by atoms with van der Waals surface area (Å²) in [6, 6.07) is 34.4. The van der Waals surface area contributed by atoms with E-state index in [1.807, 2.05) is 123 Å². The Morgan fingerprint density at radius 1 is 0.618 bits per heavy atom. The van der Waals surface area contributed by atoms with E-state index in [1.165, 1.54) is 5.56 Å². The molecule has 0 N–H and O–H groups in total. The molecular weight excluding hydrogens is 440 g/mol. The van der Waals surface area contributed by atoms with Gasteiger partial charge in [0.2, 0.25) is 0 Å². The SMILES string of the molecule is C.CC(=O)c1ccccc1.Cc1ccccc1CC(=O)c1ccccc1.Cc1ccccc1Cl. The second-order valence-corrected chi connectivity index (χ2v) is 7.97. The first-order chi connectivity index (χ1) is 15.9. The number of ketones is 2. The Bertz CT molecular complexity index is 1130. The van der Waals surface area contributed by atoms with Crippen LogP contribution in [0, 0.1) is 13.8 Å². The fourth-order valence-electron chi connectivity index (χ4n) is 2.93. The molecule has 0 bridgehead atoms. The number of aryl methyl sites for hydroxylation is 2. The van der Waals surface area contributed by atoms with E-state index >= 15 is 0 Å². The van der Waals surface area contributed by atoms with Gasteiger partial charge in [-0.15, -0.1) is 0 Å². The maximum Gasteiger partial charge on any atom is 0.167 e. The predicted octanol–water partition coefficient (Wildman–Crippen LogP) is 8.59. The van der Waals surface area contributed by atoms with Crippen LogP contribution in [0.4, 0.5) is 0 Å². The molecule has 0 heterocycles. The Hall–Kier alpha value is -3.49. The maximum atomic E-state index is 12.0. The van der Waals surface area contributed by atoms with Crippen molar-refractivity contribution in [1.82, 2.24) is 0 Å². The average Bonchev–Trinajstić information content (AvgIpc) is 2.84. The average molecular weight is 473 g/mol. The summed E-state index contributed by atoms with van der Waals surface area (Å²) in [4.78, 5) is 22.6. The lowest BCUT2D eigenvalue weighted by Crippen LogP contribution is -2.04. The van der Waals surface area contributed by atoms with Gasteiger partial charge in [-0.2, -0.15) is 0 Å². The van der Waals surface area contributed by atoms with Gasteiger partial charge in [-0.25, -0.2) is 0 Å². The molecule has 4 aromatic rings. The van der Waals surface area contributed by atoms with Crippen LogP contribution in [0.15, 0.2) is 109 Å². The molecule has 0 atom stereocenters. The van der Waals surface area contributed by atoms with Crippen LogP contribution in [0.25, 0.3) is 0 Å². The van der Waals surface area contributed by atoms with Gasteiger partial charge in [0, 0.05) is 22.6 Å². The molecule has 0 spiro atoms. The zero-order valence-electron chi connectivity index (χ0n) is 19.3. The van der Waals surface area contributed by atoms with Crippen molar-refractivity contribution in [2.75, 3.05) is 0 Å². The molecule has 4 aromatic carbocycles. The van der Waals surface area contributed by atoms with Crippen molar-refractivity contribution in [2.45, 2.75) is 34.6 Å². The van der Waals surface area contributed by atoms with Gasteiger partial charge in [0.1, 0.15) is 0 Å². The standard InChI is InChI=1S/C15H14O.C8H8O.C7H7Cl.CH4/c1-12-7-5-6-10-14(12)11-15(16)13-8-3-2-4-9-13;1-7(9)8-5-3-2-4-6-8;1-6-4-2-3-5-7(6)8;/h2-10H,11H2,1H3;2-6H,1H3;2-5H,1H3;1H4. The number of benzene rings is 4. The van der Waals surface area contributed by atoms with Gasteiger partial charge in [-0.3, -0.25) is 9.59 Å². The van der Waals surface area contributed by atoms with Gasteiger partial charge >= 0.3 is 0 Å². The summed E-state index contributed by atoms with van der Waals surface area (Å²) in [5.74, 6) is 0.297. The first-order valence-electron chi connectivity index (χ1n) is 10.8. The van der Waals surface area contributed by atoms with Crippen molar-refractivity contribution in [3.05, 3.63) is 142 Å². The minimum Gasteiger partial charge on any atom is -0.295 e. The lowest BCUT2D eigenvalue weighted by molar-refractivity contribution is 0.0990. The highest BCUT2D eigenvalue weighted by molar-refractivity contribution is 6.31. The minimum atomic E-state index is 0. The zero-order valence-corrected chi connectivity index (χ0v) is 20.0. The maximum absolute atomic E-state index is 12.0. The highest BCUT2D eigenvalue weighted by atomic mass is 35.5. The summed E-state index contributed by atoms with van der Waals surface area (Å²) in [6.45, 7) is 5.59. The van der Waals surface area contributed by atoms with Crippen LogP contribution >= 0.6 is 11.6 Å².